The van der Waals surface area contributed by atoms with E-state index in [0.29, 0.717) is 18.5 Å². The van der Waals surface area contributed by atoms with Crippen LogP contribution >= 0.6 is 27.5 Å². The predicted octanol–water partition coefficient (Wildman–Crippen LogP) is 16.9. The zero-order valence-electron chi connectivity index (χ0n) is 47.3. The largest absolute Gasteiger partial charge is 0.508 e. The molecule has 1 aliphatic rings. The standard InChI is InChI=1S/C14H17N.C12H11Cl.C12H13N.C12H12O.C10H7BrO.C3H8.C2H7BO2.C2H7N/c1-4-11-5-6-13-10-14(15(2)3)8-7-12(13)9-11;3*1-2-9-3-4-11-8-12(13)6-5-10(11)7-9;11-9-3-1-8-6-10(12)4-2-7(8)5-9;1-3-2;1-2-3(4)5;1-3-2/h5-10H,4H2,1-3H3;3-8H,2H2,1H3;3-8H,2,13H2,1H3;3-8,13H,2H2,1H3;1-5H,6H2;3H2,1-2H3;4-5H,2H2,1H3;3H,1-2H3. The van der Waals surface area contributed by atoms with Gasteiger partial charge in [0.25, 0.3) is 0 Å². The number of rotatable bonds is 6. The van der Waals surface area contributed by atoms with Crippen LogP contribution in [-0.2, 0) is 36.9 Å². The summed E-state index contributed by atoms with van der Waals surface area (Å²) in [5.74, 6) is 0.515. The van der Waals surface area contributed by atoms with Crippen LogP contribution < -0.4 is 16.0 Å². The average Bonchev–Trinajstić information content (AvgIpc) is 3.43. The molecule has 0 heterocycles. The van der Waals surface area contributed by atoms with E-state index in [1.807, 2.05) is 74.8 Å². The van der Waals surface area contributed by atoms with E-state index in [1.165, 1.54) is 72.1 Å². The number of nitrogens with one attached hydrogen (secondary N) is 1. The smallest absolute Gasteiger partial charge is 0.451 e. The fourth-order valence-corrected chi connectivity index (χ4v) is 8.17. The molecular weight excluding hydrogens is 1040 g/mol. The van der Waals surface area contributed by atoms with E-state index in [1.54, 1.807) is 25.1 Å². The number of nitrogens with zero attached hydrogens (tertiary/aromatic N) is 1. The van der Waals surface area contributed by atoms with E-state index < -0.39 is 7.12 Å². The summed E-state index contributed by atoms with van der Waals surface area (Å²) in [6, 6.07) is 56.1. The van der Waals surface area contributed by atoms with Crippen molar-refractivity contribution in [3.63, 3.8) is 0 Å². The molecule has 9 aromatic rings. The molecular formula is C67H82BBrClN3O4. The van der Waals surface area contributed by atoms with Crippen LogP contribution in [0.5, 0.6) is 5.75 Å². The summed E-state index contributed by atoms with van der Waals surface area (Å²) in [4.78, 5) is 13.1. The van der Waals surface area contributed by atoms with Crippen molar-refractivity contribution in [2.45, 2.75) is 93.3 Å². The number of carbonyl (C=O) groups is 1. The molecule has 7 nitrogen and oxygen atoms in total. The van der Waals surface area contributed by atoms with Crippen molar-refractivity contribution >= 4 is 101 Å². The maximum Gasteiger partial charge on any atom is 0.451 e. The van der Waals surface area contributed by atoms with E-state index in [-0.39, 0.29) is 5.78 Å². The quantitative estimate of drug-likeness (QED) is 0.0831. The van der Waals surface area contributed by atoms with Crippen LogP contribution in [0.3, 0.4) is 0 Å². The fraction of sp³-hybridized carbons (Fsp3) is 0.269. The first-order valence-corrected chi connectivity index (χ1v) is 27.9. The van der Waals surface area contributed by atoms with E-state index in [9.17, 15) is 9.90 Å². The number of fused-ring (bicyclic) bond motifs is 5. The number of phenolic OH excluding ortho intramolecular Hbond substituents is 1. The minimum atomic E-state index is -1.12. The van der Waals surface area contributed by atoms with Gasteiger partial charge in [-0.25, -0.2) is 0 Å². The molecule has 0 saturated heterocycles. The van der Waals surface area contributed by atoms with Crippen molar-refractivity contribution < 1.29 is 19.9 Å². The lowest BCUT2D eigenvalue weighted by atomic mass is 9.88. The second kappa shape index (κ2) is 35.1. The fourth-order valence-electron chi connectivity index (χ4n) is 7.61. The third-order valence-electron chi connectivity index (χ3n) is 12.0. The van der Waals surface area contributed by atoms with E-state index in [0.717, 1.165) is 57.4 Å². The Balaban J connectivity index is 0.000000242. The topological polar surface area (TPSA) is 119 Å². The third-order valence-corrected chi connectivity index (χ3v) is 12.7. The molecule has 1 aliphatic carbocycles. The Morgan fingerprint density at radius 3 is 1.39 bits per heavy atom. The number of hydrogen-bond acceptors (Lipinski definition) is 7. The van der Waals surface area contributed by atoms with Crippen molar-refractivity contribution in [3.8, 4) is 5.75 Å². The highest BCUT2D eigenvalue weighted by atomic mass is 79.9. The zero-order chi connectivity index (χ0) is 56.9. The Bertz CT molecular complexity index is 3050. The number of aromatic hydroxyl groups is 1. The van der Waals surface area contributed by atoms with Crippen LogP contribution in [0.15, 0.2) is 174 Å². The molecule has 0 saturated carbocycles. The number of aryl methyl sites for hydroxylation is 4. The lowest BCUT2D eigenvalue weighted by Gasteiger charge is -2.13. The molecule has 406 valence electrons. The number of nitrogen functional groups attached to an aromatic ring is 1. The predicted molar refractivity (Wildman–Crippen MR) is 342 cm³/mol. The molecule has 77 heavy (non-hydrogen) atoms. The second-order valence-corrected chi connectivity index (χ2v) is 20.1. The van der Waals surface area contributed by atoms with Gasteiger partial charge in [-0.1, -0.05) is 192 Å². The highest BCUT2D eigenvalue weighted by Crippen LogP contribution is 2.25. The highest BCUT2D eigenvalue weighted by Gasteiger charge is 2.09. The van der Waals surface area contributed by atoms with E-state index in [4.69, 9.17) is 27.4 Å². The van der Waals surface area contributed by atoms with Crippen LogP contribution in [0.4, 0.5) is 11.4 Å². The molecule has 0 bridgehead atoms. The van der Waals surface area contributed by atoms with Gasteiger partial charge in [-0.15, -0.1) is 0 Å². The molecule has 0 radical (unpaired) electrons. The third kappa shape index (κ3) is 23.0. The number of halogens is 2. The molecule has 10 heteroatoms. The lowest BCUT2D eigenvalue weighted by molar-refractivity contribution is -0.114. The molecule has 0 amide bonds. The van der Waals surface area contributed by atoms with Gasteiger partial charge in [0.2, 0.25) is 0 Å². The first kappa shape index (κ1) is 64.8. The maximum atomic E-state index is 11.0. The first-order chi connectivity index (χ1) is 36.9. The second-order valence-electron chi connectivity index (χ2n) is 18.7. The van der Waals surface area contributed by atoms with Gasteiger partial charge in [-0.05, 0) is 189 Å². The SMILES string of the molecule is CCB(O)O.CCC.CCc1ccc2cc(Cl)ccc2c1.CCc1ccc2cc(N(C)C)ccc2c1.CCc1ccc2cc(N)ccc2c1.CCc1ccc2cc(O)ccc2c1.CNC.O=C1C=Cc2cc(Br)ccc2C1. The Morgan fingerprint density at radius 2 is 0.935 bits per heavy atom. The maximum absolute atomic E-state index is 11.0. The number of allylic oxidation sites excluding steroid dienone is 1. The summed E-state index contributed by atoms with van der Waals surface area (Å²) in [6.45, 7) is 14.6. The number of anilines is 2. The number of carbonyl (C=O) groups excluding carboxylic acids is 1. The number of benzene rings is 9. The van der Waals surface area contributed by atoms with Crippen molar-refractivity contribution in [1.82, 2.24) is 5.32 Å². The highest BCUT2D eigenvalue weighted by molar-refractivity contribution is 9.10. The van der Waals surface area contributed by atoms with Gasteiger partial charge in [0.1, 0.15) is 5.75 Å². The summed E-state index contributed by atoms with van der Waals surface area (Å²) >= 11 is 9.28. The summed E-state index contributed by atoms with van der Waals surface area (Å²) in [6.07, 6.45) is 10.0. The molecule has 0 fully saturated rings. The van der Waals surface area contributed by atoms with Crippen molar-refractivity contribution in [1.29, 1.82) is 0 Å². The number of hydrogen-bond donors (Lipinski definition) is 5. The van der Waals surface area contributed by atoms with Crippen molar-refractivity contribution in [3.05, 3.63) is 213 Å². The number of phenols is 1. The number of nitrogens with two attached hydrogens (primary N) is 1. The summed E-state index contributed by atoms with van der Waals surface area (Å²) in [7, 11) is 6.78. The lowest BCUT2D eigenvalue weighted by Crippen LogP contribution is -2.07. The Labute approximate surface area is 474 Å². The first-order valence-electron chi connectivity index (χ1n) is 26.8. The molecule has 0 unspecified atom stereocenters. The van der Waals surface area contributed by atoms with Crippen LogP contribution in [0.25, 0.3) is 49.2 Å². The van der Waals surface area contributed by atoms with Gasteiger partial charge in [0, 0.05) is 41.4 Å². The minimum Gasteiger partial charge on any atom is -0.508 e. The van der Waals surface area contributed by atoms with Crippen LogP contribution in [0, 0.1) is 0 Å². The Kier molecular flexibility index (Phi) is 29.5. The minimum absolute atomic E-state index is 0.185. The summed E-state index contributed by atoms with van der Waals surface area (Å²) in [5, 5.41) is 38.6. The molecule has 9 aromatic carbocycles. The van der Waals surface area contributed by atoms with Crippen LogP contribution in [0.1, 0.15) is 88.3 Å². The summed E-state index contributed by atoms with van der Waals surface area (Å²) in [5.41, 5.74) is 15.5. The van der Waals surface area contributed by atoms with E-state index >= 15 is 0 Å². The normalized spacial score (nSPS) is 10.7. The molecule has 0 atom stereocenters. The molecule has 0 aromatic heterocycles. The van der Waals surface area contributed by atoms with Gasteiger partial charge in [0.05, 0.1) is 0 Å². The number of ketones is 1. The van der Waals surface area contributed by atoms with Crippen LogP contribution in [-0.4, -0.2) is 56.2 Å². The molecule has 6 N–H and O–H groups in total. The van der Waals surface area contributed by atoms with Gasteiger partial charge < -0.3 is 31.1 Å². The van der Waals surface area contributed by atoms with Gasteiger partial charge in [-0.2, -0.15) is 0 Å². The van der Waals surface area contributed by atoms with Gasteiger partial charge in [-0.3, -0.25) is 4.79 Å². The molecule has 10 rings (SSSR count). The Hall–Kier alpha value is -6.46. The monoisotopic (exact) mass is 1120 g/mol. The van der Waals surface area contributed by atoms with Crippen molar-refractivity contribution in [2.24, 2.45) is 0 Å². The average molecular weight is 1120 g/mol. The molecule has 0 spiro atoms. The van der Waals surface area contributed by atoms with Gasteiger partial charge in [0.15, 0.2) is 5.78 Å². The zero-order valence-corrected chi connectivity index (χ0v) is 49.6. The Morgan fingerprint density at radius 1 is 0.545 bits per heavy atom. The van der Waals surface area contributed by atoms with Crippen molar-refractivity contribution in [2.75, 3.05) is 38.8 Å². The van der Waals surface area contributed by atoms with E-state index in [2.05, 4.69) is 179 Å². The van der Waals surface area contributed by atoms with Gasteiger partial charge >= 0.3 is 7.12 Å². The summed E-state index contributed by atoms with van der Waals surface area (Å²) < 4.78 is 1.06. The molecule has 0 aliphatic heterocycles. The van der Waals surface area contributed by atoms with Crippen LogP contribution in [0.2, 0.25) is 11.3 Å².